The smallest absolute Gasteiger partial charge is 0.260 e. The third-order valence-corrected chi connectivity index (χ3v) is 4.18. The number of carbonyl (C=O) groups is 1. The van der Waals surface area contributed by atoms with Gasteiger partial charge in [-0.2, -0.15) is 0 Å². The molecule has 0 atom stereocenters. The van der Waals surface area contributed by atoms with E-state index < -0.39 is 0 Å². The number of amides is 1. The van der Waals surface area contributed by atoms with Crippen molar-refractivity contribution in [1.29, 1.82) is 0 Å². The maximum absolute atomic E-state index is 12.0. The van der Waals surface area contributed by atoms with Crippen molar-refractivity contribution in [1.82, 2.24) is 15.3 Å². The zero-order chi connectivity index (χ0) is 17.6. The van der Waals surface area contributed by atoms with Crippen molar-refractivity contribution in [2.24, 2.45) is 0 Å². The van der Waals surface area contributed by atoms with Crippen LogP contribution in [0.1, 0.15) is 16.8 Å². The average Bonchev–Trinajstić information content (AvgIpc) is 2.62. The van der Waals surface area contributed by atoms with E-state index in [2.05, 4.69) is 36.5 Å². The highest BCUT2D eigenvalue weighted by Gasteiger charge is 2.05. The van der Waals surface area contributed by atoms with Crippen LogP contribution < -0.4 is 16.2 Å². The predicted molar refractivity (Wildman–Crippen MR) is 102 cm³/mol. The number of aromatic nitrogens is 2. The predicted octanol–water partition coefficient (Wildman–Crippen LogP) is 2.92. The molecule has 0 saturated heterocycles. The SMILES string of the molecule is O=C(NCCCNc1nc2ccccc2c(=O)[nH]1)c1ccc(Br)cc1. The Labute approximate surface area is 152 Å². The Morgan fingerprint density at radius 2 is 1.84 bits per heavy atom. The minimum absolute atomic E-state index is 0.107. The molecule has 1 amide bonds. The average molecular weight is 401 g/mol. The van der Waals surface area contributed by atoms with Crippen LogP contribution in [0.2, 0.25) is 0 Å². The molecule has 128 valence electrons. The second kappa shape index (κ2) is 7.94. The fourth-order valence-corrected chi connectivity index (χ4v) is 2.63. The van der Waals surface area contributed by atoms with Crippen molar-refractivity contribution in [2.45, 2.75) is 6.42 Å². The molecule has 0 spiro atoms. The number of benzene rings is 2. The van der Waals surface area contributed by atoms with Gasteiger partial charge in [0.05, 0.1) is 10.9 Å². The lowest BCUT2D eigenvalue weighted by molar-refractivity contribution is 0.0953. The largest absolute Gasteiger partial charge is 0.356 e. The van der Waals surface area contributed by atoms with E-state index in [-0.39, 0.29) is 11.5 Å². The number of para-hydroxylation sites is 1. The summed E-state index contributed by atoms with van der Waals surface area (Å²) >= 11 is 3.34. The van der Waals surface area contributed by atoms with Crippen molar-refractivity contribution in [3.05, 3.63) is 68.9 Å². The number of aromatic amines is 1. The molecule has 0 radical (unpaired) electrons. The lowest BCUT2D eigenvalue weighted by Crippen LogP contribution is -2.26. The molecule has 0 fully saturated rings. The number of anilines is 1. The third kappa shape index (κ3) is 4.45. The molecule has 25 heavy (non-hydrogen) atoms. The fraction of sp³-hybridized carbons (Fsp3) is 0.167. The van der Waals surface area contributed by atoms with E-state index in [1.807, 2.05) is 18.2 Å². The van der Waals surface area contributed by atoms with Gasteiger partial charge in [0.25, 0.3) is 11.5 Å². The minimum Gasteiger partial charge on any atom is -0.356 e. The Morgan fingerprint density at radius 1 is 1.08 bits per heavy atom. The summed E-state index contributed by atoms with van der Waals surface area (Å²) in [5.41, 5.74) is 1.10. The molecule has 1 aromatic heterocycles. The molecule has 3 N–H and O–H groups in total. The zero-order valence-corrected chi connectivity index (χ0v) is 15.0. The highest BCUT2D eigenvalue weighted by molar-refractivity contribution is 9.10. The maximum atomic E-state index is 12.0. The van der Waals surface area contributed by atoms with Gasteiger partial charge in [0.15, 0.2) is 0 Å². The first-order chi connectivity index (χ1) is 12.1. The molecule has 3 aromatic rings. The molecule has 0 saturated carbocycles. The van der Waals surface area contributed by atoms with E-state index in [9.17, 15) is 9.59 Å². The minimum atomic E-state index is -0.170. The van der Waals surface area contributed by atoms with Crippen molar-refractivity contribution in [2.75, 3.05) is 18.4 Å². The van der Waals surface area contributed by atoms with Gasteiger partial charge < -0.3 is 10.6 Å². The quantitative estimate of drug-likeness (QED) is 0.555. The maximum Gasteiger partial charge on any atom is 0.260 e. The van der Waals surface area contributed by atoms with Gasteiger partial charge in [-0.15, -0.1) is 0 Å². The lowest BCUT2D eigenvalue weighted by Gasteiger charge is -2.08. The second-order valence-corrected chi connectivity index (χ2v) is 6.39. The molecule has 0 bridgehead atoms. The summed E-state index contributed by atoms with van der Waals surface area (Å²) in [6, 6.07) is 14.4. The molecule has 0 aliphatic carbocycles. The van der Waals surface area contributed by atoms with Crippen LogP contribution in [0.25, 0.3) is 10.9 Å². The summed E-state index contributed by atoms with van der Waals surface area (Å²) < 4.78 is 0.935. The Kier molecular flexibility index (Phi) is 5.45. The summed E-state index contributed by atoms with van der Waals surface area (Å²) in [6.07, 6.45) is 0.707. The number of hydrogen-bond acceptors (Lipinski definition) is 4. The molecule has 6 nitrogen and oxygen atoms in total. The molecular weight excluding hydrogens is 384 g/mol. The molecule has 0 unspecified atom stereocenters. The lowest BCUT2D eigenvalue weighted by atomic mass is 10.2. The second-order valence-electron chi connectivity index (χ2n) is 5.47. The van der Waals surface area contributed by atoms with Crippen LogP contribution in [0.15, 0.2) is 57.8 Å². The third-order valence-electron chi connectivity index (χ3n) is 3.65. The first kappa shape index (κ1) is 17.2. The first-order valence-electron chi connectivity index (χ1n) is 7.90. The van der Waals surface area contributed by atoms with Crippen LogP contribution in [-0.4, -0.2) is 29.0 Å². The highest BCUT2D eigenvalue weighted by Crippen LogP contribution is 2.10. The standard InChI is InChI=1S/C18H17BrN4O2/c19-13-8-6-12(7-9-13)16(24)20-10-3-11-21-18-22-15-5-2-1-4-14(15)17(25)23-18/h1-2,4-9H,3,10-11H2,(H,20,24)(H2,21,22,23,25). The first-order valence-corrected chi connectivity index (χ1v) is 8.69. The zero-order valence-electron chi connectivity index (χ0n) is 13.4. The van der Waals surface area contributed by atoms with Crippen LogP contribution >= 0.6 is 15.9 Å². The van der Waals surface area contributed by atoms with Gasteiger partial charge in [-0.1, -0.05) is 28.1 Å². The molecule has 0 aliphatic heterocycles. The van der Waals surface area contributed by atoms with Gasteiger partial charge in [-0.25, -0.2) is 4.98 Å². The highest BCUT2D eigenvalue weighted by atomic mass is 79.9. The Balaban J connectivity index is 1.48. The van der Waals surface area contributed by atoms with Crippen molar-refractivity contribution >= 4 is 38.7 Å². The number of carbonyl (C=O) groups excluding carboxylic acids is 1. The van der Waals surface area contributed by atoms with E-state index in [1.54, 1.807) is 30.3 Å². The van der Waals surface area contributed by atoms with Gasteiger partial charge in [0.2, 0.25) is 5.95 Å². The molecule has 0 aliphatic rings. The van der Waals surface area contributed by atoms with Gasteiger partial charge >= 0.3 is 0 Å². The monoisotopic (exact) mass is 400 g/mol. The van der Waals surface area contributed by atoms with Gasteiger partial charge in [0.1, 0.15) is 0 Å². The van der Waals surface area contributed by atoms with E-state index in [0.717, 1.165) is 4.47 Å². The van der Waals surface area contributed by atoms with Crippen molar-refractivity contribution in [3.8, 4) is 0 Å². The normalized spacial score (nSPS) is 10.6. The summed E-state index contributed by atoms with van der Waals surface area (Å²) in [7, 11) is 0. The summed E-state index contributed by atoms with van der Waals surface area (Å²) in [4.78, 5) is 31.0. The molecular formula is C18H17BrN4O2. The summed E-state index contributed by atoms with van der Waals surface area (Å²) in [5.74, 6) is 0.327. The van der Waals surface area contributed by atoms with Gasteiger partial charge in [-0.05, 0) is 42.8 Å². The van der Waals surface area contributed by atoms with Crippen molar-refractivity contribution < 1.29 is 4.79 Å². The summed E-state index contributed by atoms with van der Waals surface area (Å²) in [6.45, 7) is 1.11. The number of H-pyrrole nitrogens is 1. The Bertz CT molecular complexity index is 938. The van der Waals surface area contributed by atoms with E-state index in [4.69, 9.17) is 0 Å². The molecule has 3 rings (SSSR count). The topological polar surface area (TPSA) is 86.9 Å². The van der Waals surface area contributed by atoms with Crippen LogP contribution in [0, 0.1) is 0 Å². The molecule has 7 heteroatoms. The Hall–Kier alpha value is -2.67. The number of nitrogens with one attached hydrogen (secondary N) is 3. The van der Waals surface area contributed by atoms with E-state index in [0.29, 0.717) is 41.9 Å². The number of rotatable bonds is 6. The number of hydrogen-bond donors (Lipinski definition) is 3. The van der Waals surface area contributed by atoms with E-state index >= 15 is 0 Å². The molecule has 1 heterocycles. The Morgan fingerprint density at radius 3 is 2.64 bits per heavy atom. The number of halogens is 1. The number of fused-ring (bicyclic) bond motifs is 1. The van der Waals surface area contributed by atoms with Gasteiger partial charge in [-0.3, -0.25) is 14.6 Å². The van der Waals surface area contributed by atoms with E-state index in [1.165, 1.54) is 0 Å². The molecule has 2 aromatic carbocycles. The van der Waals surface area contributed by atoms with Crippen molar-refractivity contribution in [3.63, 3.8) is 0 Å². The van der Waals surface area contributed by atoms with Gasteiger partial charge in [0, 0.05) is 23.1 Å². The van der Waals surface area contributed by atoms with Crippen LogP contribution in [0.4, 0.5) is 5.95 Å². The fourth-order valence-electron chi connectivity index (χ4n) is 2.37. The summed E-state index contributed by atoms with van der Waals surface area (Å²) in [5, 5.41) is 6.50. The van der Waals surface area contributed by atoms with Crippen LogP contribution in [-0.2, 0) is 0 Å². The van der Waals surface area contributed by atoms with Crippen LogP contribution in [0.5, 0.6) is 0 Å². The van der Waals surface area contributed by atoms with Crippen LogP contribution in [0.3, 0.4) is 0 Å². The number of nitrogens with zero attached hydrogens (tertiary/aromatic N) is 1.